The largest absolute Gasteiger partial charge is 0.333 e. The van der Waals surface area contributed by atoms with E-state index in [-0.39, 0.29) is 0 Å². The van der Waals surface area contributed by atoms with Crippen molar-refractivity contribution >= 4 is 0 Å². The summed E-state index contributed by atoms with van der Waals surface area (Å²) in [6.45, 7) is 0. The van der Waals surface area contributed by atoms with Crippen LogP contribution in [-0.4, -0.2) is 7.05 Å². The summed E-state index contributed by atoms with van der Waals surface area (Å²) >= 11 is 0. The minimum Gasteiger partial charge on any atom is -0.333 e. The van der Waals surface area contributed by atoms with Crippen molar-refractivity contribution in [3.05, 3.63) is 60.7 Å². The van der Waals surface area contributed by atoms with E-state index in [9.17, 15) is 0 Å². The molecule has 2 rings (SSSR count). The highest BCUT2D eigenvalue weighted by Crippen LogP contribution is 2.13. The van der Waals surface area contributed by atoms with Crippen LogP contribution in [0.1, 0.15) is 0 Å². The lowest BCUT2D eigenvalue weighted by Crippen LogP contribution is -1.99. The predicted molar refractivity (Wildman–Crippen MR) is 64.3 cm³/mol. The molecule has 84 valence electrons. The summed E-state index contributed by atoms with van der Waals surface area (Å²) < 4.78 is 0. The SMILES string of the molecule is CN.c1ccc(OOc2ccccc2)cc1. The van der Waals surface area contributed by atoms with Gasteiger partial charge in [-0.2, -0.15) is 0 Å². The second kappa shape index (κ2) is 7.31. The summed E-state index contributed by atoms with van der Waals surface area (Å²) in [6, 6.07) is 18.8. The summed E-state index contributed by atoms with van der Waals surface area (Å²) in [7, 11) is 1.50. The molecule has 0 unspecified atom stereocenters. The van der Waals surface area contributed by atoms with Crippen LogP contribution in [0.5, 0.6) is 11.5 Å². The molecule has 0 spiro atoms. The Morgan fingerprint density at radius 1 is 0.625 bits per heavy atom. The standard InChI is InChI=1S/C12H10O2.CH5N/c1-3-7-11(8-4-1)13-14-12-9-5-2-6-10-12;1-2/h1-10H;2H2,1H3. The van der Waals surface area contributed by atoms with E-state index in [0.717, 1.165) is 0 Å². The Hall–Kier alpha value is -2.00. The third kappa shape index (κ3) is 4.02. The molecular weight excluding hydrogens is 202 g/mol. The first kappa shape index (κ1) is 12.1. The first-order valence-electron chi connectivity index (χ1n) is 4.97. The molecule has 0 radical (unpaired) electrons. The molecule has 3 heteroatoms. The predicted octanol–water partition coefficient (Wildman–Crippen LogP) is 2.63. The minimum absolute atomic E-state index is 0.691. The number of hydrogen-bond donors (Lipinski definition) is 1. The Morgan fingerprint density at radius 3 is 1.25 bits per heavy atom. The lowest BCUT2D eigenvalue weighted by molar-refractivity contribution is -0.0999. The molecule has 2 N–H and O–H groups in total. The highest BCUT2D eigenvalue weighted by molar-refractivity contribution is 5.23. The second-order valence-corrected chi connectivity index (χ2v) is 2.79. The Balaban J connectivity index is 0.000000606. The van der Waals surface area contributed by atoms with Crippen LogP contribution in [0.25, 0.3) is 0 Å². The molecule has 2 aromatic rings. The average Bonchev–Trinajstić information content (AvgIpc) is 2.41. The topological polar surface area (TPSA) is 44.5 Å². The number of nitrogens with two attached hydrogens (primary N) is 1. The molecule has 0 saturated carbocycles. The van der Waals surface area contributed by atoms with Gasteiger partial charge in [0.15, 0.2) is 11.5 Å². The zero-order valence-corrected chi connectivity index (χ0v) is 9.17. The van der Waals surface area contributed by atoms with Crippen LogP contribution in [0.2, 0.25) is 0 Å². The summed E-state index contributed by atoms with van der Waals surface area (Å²) in [4.78, 5) is 10.2. The van der Waals surface area contributed by atoms with Gasteiger partial charge in [-0.25, -0.2) is 0 Å². The molecule has 0 aliphatic rings. The van der Waals surface area contributed by atoms with Gasteiger partial charge in [-0.15, -0.1) is 0 Å². The molecule has 0 aromatic heterocycles. The van der Waals surface area contributed by atoms with E-state index in [4.69, 9.17) is 9.78 Å². The van der Waals surface area contributed by atoms with Gasteiger partial charge in [-0.1, -0.05) is 36.4 Å². The average molecular weight is 217 g/mol. The molecule has 0 fully saturated rings. The van der Waals surface area contributed by atoms with Crippen molar-refractivity contribution in [1.29, 1.82) is 0 Å². The fourth-order valence-electron chi connectivity index (χ4n) is 1.05. The molecule has 0 atom stereocenters. The molecule has 3 nitrogen and oxygen atoms in total. The van der Waals surface area contributed by atoms with Crippen LogP contribution < -0.4 is 15.5 Å². The molecular formula is C13H15NO2. The van der Waals surface area contributed by atoms with Gasteiger partial charge in [0, 0.05) is 0 Å². The second-order valence-electron chi connectivity index (χ2n) is 2.79. The normalized spacial score (nSPS) is 8.62. The summed E-state index contributed by atoms with van der Waals surface area (Å²) in [5.41, 5.74) is 4.50. The lowest BCUT2D eigenvalue weighted by Gasteiger charge is -2.04. The smallest absolute Gasteiger partial charge is 0.178 e. The molecule has 0 bridgehead atoms. The van der Waals surface area contributed by atoms with Crippen molar-refractivity contribution in [3.63, 3.8) is 0 Å². The quantitative estimate of drug-likeness (QED) is 0.635. The maximum atomic E-state index is 5.09. The Kier molecular flexibility index (Phi) is 5.52. The van der Waals surface area contributed by atoms with Crippen molar-refractivity contribution in [2.24, 2.45) is 5.73 Å². The molecule has 0 aliphatic heterocycles. The fourth-order valence-corrected chi connectivity index (χ4v) is 1.05. The monoisotopic (exact) mass is 217 g/mol. The lowest BCUT2D eigenvalue weighted by atomic mass is 10.3. The van der Waals surface area contributed by atoms with Crippen molar-refractivity contribution in [2.45, 2.75) is 0 Å². The Labute approximate surface area is 95.4 Å². The Bertz CT molecular complexity index is 336. The van der Waals surface area contributed by atoms with E-state index in [0.29, 0.717) is 11.5 Å². The van der Waals surface area contributed by atoms with Crippen LogP contribution >= 0.6 is 0 Å². The zero-order valence-electron chi connectivity index (χ0n) is 9.17. The van der Waals surface area contributed by atoms with E-state index in [1.54, 1.807) is 0 Å². The molecule has 0 heterocycles. The van der Waals surface area contributed by atoms with E-state index in [1.807, 2.05) is 60.7 Å². The van der Waals surface area contributed by atoms with Crippen LogP contribution in [0.4, 0.5) is 0 Å². The maximum Gasteiger partial charge on any atom is 0.178 e. The van der Waals surface area contributed by atoms with Gasteiger partial charge in [0.25, 0.3) is 0 Å². The highest BCUT2D eigenvalue weighted by Gasteiger charge is 1.94. The van der Waals surface area contributed by atoms with Gasteiger partial charge in [-0.05, 0) is 31.3 Å². The molecule has 16 heavy (non-hydrogen) atoms. The third-order valence-electron chi connectivity index (χ3n) is 1.72. The number of benzene rings is 2. The fraction of sp³-hybridized carbons (Fsp3) is 0.0769. The summed E-state index contributed by atoms with van der Waals surface area (Å²) in [5.74, 6) is 1.38. The van der Waals surface area contributed by atoms with Crippen molar-refractivity contribution in [2.75, 3.05) is 7.05 Å². The van der Waals surface area contributed by atoms with E-state index in [2.05, 4.69) is 5.73 Å². The minimum atomic E-state index is 0.691. The van der Waals surface area contributed by atoms with Gasteiger partial charge < -0.3 is 5.73 Å². The van der Waals surface area contributed by atoms with E-state index >= 15 is 0 Å². The van der Waals surface area contributed by atoms with Crippen molar-refractivity contribution in [3.8, 4) is 11.5 Å². The number of rotatable bonds is 3. The summed E-state index contributed by atoms with van der Waals surface area (Å²) in [6.07, 6.45) is 0. The maximum absolute atomic E-state index is 5.09. The van der Waals surface area contributed by atoms with Crippen LogP contribution in [-0.2, 0) is 0 Å². The van der Waals surface area contributed by atoms with Gasteiger partial charge in [0.2, 0.25) is 0 Å². The van der Waals surface area contributed by atoms with Crippen LogP contribution in [0.3, 0.4) is 0 Å². The molecule has 0 saturated heterocycles. The molecule has 0 aliphatic carbocycles. The van der Waals surface area contributed by atoms with Crippen LogP contribution in [0.15, 0.2) is 60.7 Å². The highest BCUT2D eigenvalue weighted by atomic mass is 17.2. The van der Waals surface area contributed by atoms with Gasteiger partial charge >= 0.3 is 0 Å². The summed E-state index contributed by atoms with van der Waals surface area (Å²) in [5, 5.41) is 0. The van der Waals surface area contributed by atoms with E-state index < -0.39 is 0 Å². The number of hydrogen-bond acceptors (Lipinski definition) is 3. The van der Waals surface area contributed by atoms with Crippen molar-refractivity contribution in [1.82, 2.24) is 0 Å². The van der Waals surface area contributed by atoms with Crippen molar-refractivity contribution < 1.29 is 9.78 Å². The zero-order chi connectivity index (χ0) is 11.6. The molecule has 2 aromatic carbocycles. The Morgan fingerprint density at radius 2 is 0.938 bits per heavy atom. The number of para-hydroxylation sites is 2. The van der Waals surface area contributed by atoms with Crippen LogP contribution in [0, 0.1) is 0 Å². The molecule has 0 amide bonds. The first-order chi connectivity index (χ1) is 7.95. The van der Waals surface area contributed by atoms with E-state index in [1.165, 1.54) is 7.05 Å². The van der Waals surface area contributed by atoms with Gasteiger partial charge in [0.1, 0.15) is 0 Å². The third-order valence-corrected chi connectivity index (χ3v) is 1.72. The van der Waals surface area contributed by atoms with Gasteiger partial charge in [0.05, 0.1) is 0 Å². The van der Waals surface area contributed by atoms with Gasteiger partial charge in [-0.3, -0.25) is 9.78 Å². The first-order valence-corrected chi connectivity index (χ1v) is 4.97.